The molecule has 0 aromatic heterocycles. The van der Waals surface area contributed by atoms with Crippen LogP contribution in [0.2, 0.25) is 5.02 Å². The molecule has 2 heterocycles. The molecule has 2 aromatic rings. The SMILES string of the molecule is Cc1cc(OCC(=O)Nc2ccc3c(c2)C(=O)N(CC2CCCO2)C3=O)cc(C)c1Cl. The highest BCUT2D eigenvalue weighted by Crippen LogP contribution is 2.28. The summed E-state index contributed by atoms with van der Waals surface area (Å²) < 4.78 is 11.1. The van der Waals surface area contributed by atoms with Crippen LogP contribution in [0.3, 0.4) is 0 Å². The minimum atomic E-state index is -0.377. The smallest absolute Gasteiger partial charge is 0.262 e. The second-order valence-electron chi connectivity index (χ2n) is 7.82. The molecule has 0 bridgehead atoms. The van der Waals surface area contributed by atoms with Gasteiger partial charge in [0.15, 0.2) is 6.61 Å². The third-order valence-corrected chi connectivity index (χ3v) is 6.04. The third-order valence-electron chi connectivity index (χ3n) is 5.44. The van der Waals surface area contributed by atoms with Crippen molar-refractivity contribution in [2.45, 2.75) is 32.8 Å². The minimum absolute atomic E-state index is 0.112. The fraction of sp³-hybridized carbons (Fsp3) is 0.348. The van der Waals surface area contributed by atoms with E-state index in [2.05, 4.69) is 5.32 Å². The van der Waals surface area contributed by atoms with Gasteiger partial charge in [-0.05, 0) is 68.1 Å². The Labute approximate surface area is 185 Å². The van der Waals surface area contributed by atoms with E-state index in [1.165, 1.54) is 11.0 Å². The number of anilines is 1. The third kappa shape index (κ3) is 4.43. The van der Waals surface area contributed by atoms with Crippen molar-refractivity contribution in [1.29, 1.82) is 0 Å². The normalized spacial score (nSPS) is 17.8. The molecule has 4 rings (SSSR count). The van der Waals surface area contributed by atoms with Crippen LogP contribution in [0.25, 0.3) is 0 Å². The van der Waals surface area contributed by atoms with Crippen molar-refractivity contribution in [2.75, 3.05) is 25.1 Å². The van der Waals surface area contributed by atoms with Gasteiger partial charge >= 0.3 is 0 Å². The number of rotatable bonds is 6. The molecule has 2 aliphatic heterocycles. The summed E-state index contributed by atoms with van der Waals surface area (Å²) in [5.74, 6) is -0.521. The number of hydrogen-bond acceptors (Lipinski definition) is 5. The second-order valence-corrected chi connectivity index (χ2v) is 8.20. The lowest BCUT2D eigenvalue weighted by atomic mass is 10.1. The zero-order valence-corrected chi connectivity index (χ0v) is 18.1. The van der Waals surface area contributed by atoms with E-state index in [9.17, 15) is 14.4 Å². The van der Waals surface area contributed by atoms with E-state index < -0.39 is 0 Å². The van der Waals surface area contributed by atoms with Crippen molar-refractivity contribution in [1.82, 2.24) is 4.90 Å². The zero-order chi connectivity index (χ0) is 22.1. The number of hydrogen-bond donors (Lipinski definition) is 1. The average Bonchev–Trinajstić information content (AvgIpc) is 3.33. The van der Waals surface area contributed by atoms with Gasteiger partial charge in [-0.1, -0.05) is 11.6 Å². The molecule has 1 unspecified atom stereocenters. The highest BCUT2D eigenvalue weighted by molar-refractivity contribution is 6.32. The van der Waals surface area contributed by atoms with Crippen LogP contribution in [0, 0.1) is 13.8 Å². The fourth-order valence-electron chi connectivity index (χ4n) is 3.86. The Bertz CT molecular complexity index is 1040. The molecule has 0 saturated carbocycles. The molecular formula is C23H23ClN2O5. The lowest BCUT2D eigenvalue weighted by molar-refractivity contribution is -0.118. The number of fused-ring (bicyclic) bond motifs is 1. The van der Waals surface area contributed by atoms with Crippen molar-refractivity contribution in [3.63, 3.8) is 0 Å². The summed E-state index contributed by atoms with van der Waals surface area (Å²) in [6.07, 6.45) is 1.65. The first-order chi connectivity index (χ1) is 14.8. The van der Waals surface area contributed by atoms with Gasteiger partial charge in [-0.3, -0.25) is 19.3 Å². The van der Waals surface area contributed by atoms with Crippen LogP contribution < -0.4 is 10.1 Å². The summed E-state index contributed by atoms with van der Waals surface area (Å²) >= 11 is 6.15. The predicted molar refractivity (Wildman–Crippen MR) is 116 cm³/mol. The first-order valence-electron chi connectivity index (χ1n) is 10.1. The summed E-state index contributed by atoms with van der Waals surface area (Å²) in [6, 6.07) is 8.23. The number of imide groups is 1. The Morgan fingerprint density at radius 1 is 1.16 bits per heavy atom. The van der Waals surface area contributed by atoms with Gasteiger partial charge in [-0.2, -0.15) is 0 Å². The van der Waals surface area contributed by atoms with Gasteiger partial charge in [0.25, 0.3) is 17.7 Å². The number of amides is 3. The molecule has 1 N–H and O–H groups in total. The number of ether oxygens (including phenoxy) is 2. The quantitative estimate of drug-likeness (QED) is 0.689. The Kier molecular flexibility index (Phi) is 5.98. The number of benzene rings is 2. The summed E-state index contributed by atoms with van der Waals surface area (Å²) in [5.41, 5.74) is 2.78. The van der Waals surface area contributed by atoms with Gasteiger partial charge < -0.3 is 14.8 Å². The van der Waals surface area contributed by atoms with Crippen molar-refractivity contribution in [2.24, 2.45) is 0 Å². The summed E-state index contributed by atoms with van der Waals surface area (Å²) in [7, 11) is 0. The molecule has 162 valence electrons. The first kappa shape index (κ1) is 21.3. The van der Waals surface area contributed by atoms with Crippen LogP contribution >= 0.6 is 11.6 Å². The molecule has 3 amide bonds. The first-order valence-corrected chi connectivity index (χ1v) is 10.5. The maximum Gasteiger partial charge on any atom is 0.262 e. The monoisotopic (exact) mass is 442 g/mol. The van der Waals surface area contributed by atoms with Crippen LogP contribution in [-0.4, -0.2) is 48.5 Å². The fourth-order valence-corrected chi connectivity index (χ4v) is 3.97. The Morgan fingerprint density at radius 3 is 2.55 bits per heavy atom. The maximum absolute atomic E-state index is 12.7. The number of carbonyl (C=O) groups excluding carboxylic acids is 3. The number of nitrogens with zero attached hydrogens (tertiary/aromatic N) is 1. The molecular weight excluding hydrogens is 420 g/mol. The van der Waals surface area contributed by atoms with Gasteiger partial charge in [0, 0.05) is 17.3 Å². The van der Waals surface area contributed by atoms with Crippen molar-refractivity contribution >= 4 is 35.0 Å². The van der Waals surface area contributed by atoms with E-state index in [4.69, 9.17) is 21.1 Å². The second kappa shape index (κ2) is 8.69. The molecule has 2 aromatic carbocycles. The molecule has 7 nitrogen and oxygen atoms in total. The van der Waals surface area contributed by atoms with E-state index in [0.717, 1.165) is 24.0 Å². The average molecular weight is 443 g/mol. The molecule has 1 fully saturated rings. The summed E-state index contributed by atoms with van der Waals surface area (Å²) in [6.45, 7) is 4.44. The van der Waals surface area contributed by atoms with Crippen LogP contribution in [0.4, 0.5) is 5.69 Å². The van der Waals surface area contributed by atoms with Gasteiger partial charge in [0.1, 0.15) is 5.75 Å². The Morgan fingerprint density at radius 2 is 1.87 bits per heavy atom. The van der Waals surface area contributed by atoms with Gasteiger partial charge in [0.2, 0.25) is 0 Å². The lowest BCUT2D eigenvalue weighted by Crippen LogP contribution is -2.36. The molecule has 0 spiro atoms. The zero-order valence-electron chi connectivity index (χ0n) is 17.4. The molecule has 1 saturated heterocycles. The van der Waals surface area contributed by atoms with E-state index in [-0.39, 0.29) is 42.5 Å². The Hall–Kier alpha value is -2.90. The topological polar surface area (TPSA) is 84.9 Å². The van der Waals surface area contributed by atoms with E-state index in [1.807, 2.05) is 13.8 Å². The van der Waals surface area contributed by atoms with Crippen LogP contribution in [-0.2, 0) is 9.53 Å². The van der Waals surface area contributed by atoms with Gasteiger partial charge in [-0.25, -0.2) is 0 Å². The van der Waals surface area contributed by atoms with Crippen molar-refractivity contribution < 1.29 is 23.9 Å². The number of aryl methyl sites for hydroxylation is 2. The summed E-state index contributed by atoms with van der Waals surface area (Å²) in [4.78, 5) is 38.9. The minimum Gasteiger partial charge on any atom is -0.484 e. The number of carbonyl (C=O) groups is 3. The Balaban J connectivity index is 1.39. The number of halogens is 1. The molecule has 0 radical (unpaired) electrons. The van der Waals surface area contributed by atoms with E-state index in [0.29, 0.717) is 28.6 Å². The molecule has 31 heavy (non-hydrogen) atoms. The van der Waals surface area contributed by atoms with Crippen LogP contribution in [0.1, 0.15) is 44.7 Å². The van der Waals surface area contributed by atoms with Gasteiger partial charge in [0.05, 0.1) is 23.8 Å². The molecule has 0 aliphatic carbocycles. The molecule has 2 aliphatic rings. The standard InChI is InChI=1S/C23H23ClN2O5/c1-13-8-17(9-14(2)21(13)24)31-12-20(27)25-15-5-6-18-19(10-15)23(29)26(22(18)28)11-16-4-3-7-30-16/h5-6,8-10,16H,3-4,7,11-12H2,1-2H3,(H,25,27). The molecule has 8 heteroatoms. The van der Waals surface area contributed by atoms with Crippen LogP contribution in [0.15, 0.2) is 30.3 Å². The predicted octanol–water partition coefficient (Wildman–Crippen LogP) is 3.75. The highest BCUT2D eigenvalue weighted by Gasteiger charge is 2.37. The highest BCUT2D eigenvalue weighted by atomic mass is 35.5. The van der Waals surface area contributed by atoms with Gasteiger partial charge in [-0.15, -0.1) is 0 Å². The van der Waals surface area contributed by atoms with Crippen molar-refractivity contribution in [3.8, 4) is 5.75 Å². The van der Waals surface area contributed by atoms with E-state index >= 15 is 0 Å². The van der Waals surface area contributed by atoms with Crippen molar-refractivity contribution in [3.05, 3.63) is 57.6 Å². The largest absolute Gasteiger partial charge is 0.484 e. The summed E-state index contributed by atoms with van der Waals surface area (Å²) in [5, 5.41) is 3.38. The maximum atomic E-state index is 12.7. The number of nitrogens with one attached hydrogen (secondary N) is 1. The van der Waals surface area contributed by atoms with E-state index in [1.54, 1.807) is 24.3 Å². The molecule has 1 atom stereocenters. The lowest BCUT2D eigenvalue weighted by Gasteiger charge is -2.17. The van der Waals surface area contributed by atoms with Crippen LogP contribution in [0.5, 0.6) is 5.75 Å².